The number of ether oxygens (including phenoxy) is 1. The number of rotatable bonds is 6. The molecule has 1 fully saturated rings. The minimum absolute atomic E-state index is 0.815. The van der Waals surface area contributed by atoms with Crippen LogP contribution in [-0.4, -0.2) is 12.9 Å². The van der Waals surface area contributed by atoms with Crippen LogP contribution in [0.4, 0.5) is 5.69 Å². The maximum Gasteiger partial charge on any atom is 0.130 e. The zero-order valence-electron chi connectivity index (χ0n) is 13.8. The molecule has 0 atom stereocenters. The monoisotopic (exact) mass is 498 g/mol. The van der Waals surface area contributed by atoms with Gasteiger partial charge in [-0.25, -0.2) is 0 Å². The van der Waals surface area contributed by atoms with Crippen LogP contribution in [-0.2, 0) is 0 Å². The summed E-state index contributed by atoms with van der Waals surface area (Å²) in [4.78, 5) is 4.43. The van der Waals surface area contributed by atoms with Gasteiger partial charge in [-0.2, -0.15) is 0 Å². The van der Waals surface area contributed by atoms with Crippen molar-refractivity contribution in [1.82, 2.24) is 0 Å². The number of aliphatic imine (C=N–C) groups is 1. The van der Waals surface area contributed by atoms with Crippen molar-refractivity contribution in [3.63, 3.8) is 0 Å². The van der Waals surface area contributed by atoms with Gasteiger partial charge < -0.3 is 10.1 Å². The first-order valence-electron chi connectivity index (χ1n) is 8.02. The highest BCUT2D eigenvalue weighted by molar-refractivity contribution is 14.1. The van der Waals surface area contributed by atoms with Gasteiger partial charge in [0.15, 0.2) is 0 Å². The molecule has 5 heteroatoms. The topological polar surface area (TPSA) is 33.6 Å². The summed E-state index contributed by atoms with van der Waals surface area (Å²) >= 11 is 5.80. The van der Waals surface area contributed by atoms with Gasteiger partial charge in [-0.1, -0.05) is 0 Å². The molecule has 126 valence electrons. The van der Waals surface area contributed by atoms with Crippen molar-refractivity contribution in [2.75, 3.05) is 11.9 Å². The van der Waals surface area contributed by atoms with Crippen molar-refractivity contribution in [1.29, 1.82) is 0 Å². The third kappa shape index (κ3) is 4.72. The summed E-state index contributed by atoms with van der Waals surface area (Å²) in [6, 6.07) is 10.2. The Morgan fingerprint density at radius 1 is 1.25 bits per heavy atom. The van der Waals surface area contributed by atoms with Crippen LogP contribution in [0.15, 0.2) is 39.8 Å². The number of benzene rings is 2. The van der Waals surface area contributed by atoms with Crippen LogP contribution in [0.25, 0.3) is 0 Å². The number of aryl methyl sites for hydroxylation is 2. The van der Waals surface area contributed by atoms with Crippen molar-refractivity contribution in [3.05, 3.63) is 49.5 Å². The lowest BCUT2D eigenvalue weighted by Crippen LogP contribution is -2.00. The molecule has 0 bridgehead atoms. The molecule has 2 aromatic carbocycles. The first-order chi connectivity index (χ1) is 11.5. The van der Waals surface area contributed by atoms with Gasteiger partial charge >= 0.3 is 0 Å². The van der Waals surface area contributed by atoms with E-state index in [1.54, 1.807) is 0 Å². The van der Waals surface area contributed by atoms with E-state index < -0.39 is 0 Å². The minimum atomic E-state index is 0.815. The number of anilines is 1. The molecule has 3 nitrogen and oxygen atoms in total. The van der Waals surface area contributed by atoms with E-state index in [2.05, 4.69) is 74.8 Å². The van der Waals surface area contributed by atoms with Gasteiger partial charge in [0.05, 0.1) is 6.34 Å². The van der Waals surface area contributed by atoms with Crippen LogP contribution < -0.4 is 10.1 Å². The zero-order valence-corrected chi connectivity index (χ0v) is 17.5. The lowest BCUT2D eigenvalue weighted by Gasteiger charge is -2.13. The van der Waals surface area contributed by atoms with Gasteiger partial charge in [0, 0.05) is 20.3 Å². The SMILES string of the molecule is Cc1cc(Oc2ccc(Br)c(I)c2)c(C)cc1NC=NCC1CC1. The molecular formula is C19H20BrIN2O. The summed E-state index contributed by atoms with van der Waals surface area (Å²) < 4.78 is 8.27. The third-order valence-electron chi connectivity index (χ3n) is 4.01. The van der Waals surface area contributed by atoms with Crippen molar-refractivity contribution in [2.45, 2.75) is 26.7 Å². The summed E-state index contributed by atoms with van der Waals surface area (Å²) in [6.45, 7) is 5.08. The molecule has 0 spiro atoms. The van der Waals surface area contributed by atoms with Gasteiger partial charge in [-0.05, 0) is 113 Å². The number of halogens is 2. The lowest BCUT2D eigenvalue weighted by molar-refractivity contribution is 0.478. The summed E-state index contributed by atoms with van der Waals surface area (Å²) in [5, 5.41) is 3.29. The lowest BCUT2D eigenvalue weighted by atomic mass is 10.1. The maximum atomic E-state index is 6.06. The molecule has 3 rings (SSSR count). The fraction of sp³-hybridized carbons (Fsp3) is 0.316. The Labute approximate surface area is 165 Å². The molecule has 0 saturated heterocycles. The van der Waals surface area contributed by atoms with E-state index >= 15 is 0 Å². The molecule has 1 aliphatic carbocycles. The summed E-state index contributed by atoms with van der Waals surface area (Å²) in [7, 11) is 0. The smallest absolute Gasteiger partial charge is 0.130 e. The van der Waals surface area contributed by atoms with Crippen molar-refractivity contribution in [2.24, 2.45) is 10.9 Å². The Balaban J connectivity index is 1.70. The van der Waals surface area contributed by atoms with E-state index in [1.807, 2.05) is 24.5 Å². The number of nitrogens with one attached hydrogen (secondary N) is 1. The minimum Gasteiger partial charge on any atom is -0.457 e. The third-order valence-corrected chi connectivity index (χ3v) is 6.34. The molecule has 2 aromatic rings. The molecule has 0 amide bonds. The standard InChI is InChI=1S/C19H20BrIN2O/c1-12-8-19(24-15-5-6-16(20)17(21)9-15)13(2)7-18(12)23-11-22-10-14-3-4-14/h5-9,11,14H,3-4,10H2,1-2H3,(H,22,23). The second-order valence-electron chi connectivity index (χ2n) is 6.19. The average Bonchev–Trinajstić information content (AvgIpc) is 3.36. The van der Waals surface area contributed by atoms with Crippen LogP contribution in [0, 0.1) is 23.3 Å². The predicted molar refractivity (Wildman–Crippen MR) is 113 cm³/mol. The van der Waals surface area contributed by atoms with E-state index in [4.69, 9.17) is 4.74 Å². The van der Waals surface area contributed by atoms with Crippen LogP contribution in [0.5, 0.6) is 11.5 Å². The van der Waals surface area contributed by atoms with E-state index in [9.17, 15) is 0 Å². The van der Waals surface area contributed by atoms with Gasteiger partial charge in [-0.15, -0.1) is 0 Å². The molecule has 0 unspecified atom stereocenters. The van der Waals surface area contributed by atoms with E-state index in [0.29, 0.717) is 0 Å². The molecule has 1 N–H and O–H groups in total. The van der Waals surface area contributed by atoms with Crippen molar-refractivity contribution < 1.29 is 4.74 Å². The molecule has 0 aromatic heterocycles. The molecule has 1 saturated carbocycles. The van der Waals surface area contributed by atoms with Crippen molar-refractivity contribution in [3.8, 4) is 11.5 Å². The second-order valence-corrected chi connectivity index (χ2v) is 8.21. The first-order valence-corrected chi connectivity index (χ1v) is 9.89. The Hall–Kier alpha value is -1.08. The Morgan fingerprint density at radius 3 is 2.75 bits per heavy atom. The highest BCUT2D eigenvalue weighted by atomic mass is 127. The Kier molecular flexibility index (Phi) is 5.81. The summed E-state index contributed by atoms with van der Waals surface area (Å²) in [6.07, 6.45) is 4.48. The maximum absolute atomic E-state index is 6.06. The Bertz CT molecular complexity index is 772. The Morgan fingerprint density at radius 2 is 2.04 bits per heavy atom. The van der Waals surface area contributed by atoms with Crippen LogP contribution in [0.2, 0.25) is 0 Å². The average molecular weight is 499 g/mol. The highest BCUT2D eigenvalue weighted by Crippen LogP contribution is 2.32. The normalized spacial score (nSPS) is 14.2. The summed E-state index contributed by atoms with van der Waals surface area (Å²) in [5.74, 6) is 2.54. The van der Waals surface area contributed by atoms with E-state index in [1.165, 1.54) is 12.8 Å². The highest BCUT2D eigenvalue weighted by Gasteiger charge is 2.19. The second kappa shape index (κ2) is 7.87. The number of nitrogens with zero attached hydrogens (tertiary/aromatic N) is 1. The first kappa shape index (κ1) is 17.7. The molecule has 1 aliphatic rings. The fourth-order valence-corrected chi connectivity index (χ4v) is 3.07. The van der Waals surface area contributed by atoms with Gasteiger partial charge in [0.1, 0.15) is 11.5 Å². The molecule has 0 radical (unpaired) electrons. The largest absolute Gasteiger partial charge is 0.457 e. The van der Waals surface area contributed by atoms with E-state index in [-0.39, 0.29) is 0 Å². The quantitative estimate of drug-likeness (QED) is 0.287. The molecule has 0 heterocycles. The molecule has 0 aliphatic heterocycles. The van der Waals surface area contributed by atoms with Gasteiger partial charge in [0.2, 0.25) is 0 Å². The van der Waals surface area contributed by atoms with Gasteiger partial charge in [0.25, 0.3) is 0 Å². The fourth-order valence-electron chi connectivity index (χ4n) is 2.34. The predicted octanol–water partition coefficient (Wildman–Crippen LogP) is 6.31. The molecule has 24 heavy (non-hydrogen) atoms. The number of hydrogen-bond acceptors (Lipinski definition) is 2. The molecular weight excluding hydrogens is 479 g/mol. The van der Waals surface area contributed by atoms with Crippen molar-refractivity contribution >= 4 is 50.5 Å². The van der Waals surface area contributed by atoms with Crippen LogP contribution in [0.3, 0.4) is 0 Å². The van der Waals surface area contributed by atoms with Crippen LogP contribution >= 0.6 is 38.5 Å². The summed E-state index contributed by atoms with van der Waals surface area (Å²) in [5.41, 5.74) is 3.31. The van der Waals surface area contributed by atoms with Crippen LogP contribution in [0.1, 0.15) is 24.0 Å². The number of hydrogen-bond donors (Lipinski definition) is 1. The van der Waals surface area contributed by atoms with Gasteiger partial charge in [-0.3, -0.25) is 4.99 Å². The van der Waals surface area contributed by atoms with E-state index in [0.717, 1.165) is 48.8 Å². The zero-order chi connectivity index (χ0) is 17.1.